The zero-order valence-electron chi connectivity index (χ0n) is 23.4. The standard InChI is InChI=1S/C38H34O3/c1-40-33-23-21-30(22-24-33)35(28-13-6-3-7-14-28)26-36(29-15-8-4-9-16-29)37(32-19-12-20-34(25-32)41-2)27-38(39)31-17-10-5-11-18-31/h3-26,36-37H,27H2,1-2H3/b35-26-/t36-,37-/m1/s1. The van der Waals surface area contributed by atoms with Gasteiger partial charge in [0.2, 0.25) is 0 Å². The van der Waals surface area contributed by atoms with Gasteiger partial charge in [-0.3, -0.25) is 4.79 Å². The molecule has 41 heavy (non-hydrogen) atoms. The Morgan fingerprint density at radius 2 is 1.12 bits per heavy atom. The lowest BCUT2D eigenvalue weighted by Crippen LogP contribution is -2.16. The highest BCUT2D eigenvalue weighted by Gasteiger charge is 2.28. The minimum absolute atomic E-state index is 0.103. The van der Waals surface area contributed by atoms with Crippen molar-refractivity contribution in [2.24, 2.45) is 0 Å². The van der Waals surface area contributed by atoms with Gasteiger partial charge in [0.25, 0.3) is 0 Å². The van der Waals surface area contributed by atoms with Crippen molar-refractivity contribution < 1.29 is 14.3 Å². The van der Waals surface area contributed by atoms with Gasteiger partial charge in [-0.2, -0.15) is 0 Å². The van der Waals surface area contributed by atoms with E-state index in [0.29, 0.717) is 6.42 Å². The number of ketones is 1. The summed E-state index contributed by atoms with van der Waals surface area (Å²) >= 11 is 0. The zero-order valence-corrected chi connectivity index (χ0v) is 23.4. The number of Topliss-reactive ketones (excluding diaryl/α,β-unsaturated/α-hetero) is 1. The Morgan fingerprint density at radius 1 is 0.585 bits per heavy atom. The van der Waals surface area contributed by atoms with Crippen LogP contribution in [0.15, 0.2) is 146 Å². The molecule has 0 aromatic heterocycles. The summed E-state index contributed by atoms with van der Waals surface area (Å²) in [5, 5.41) is 0. The lowest BCUT2D eigenvalue weighted by Gasteiger charge is -2.27. The molecule has 0 fully saturated rings. The number of rotatable bonds is 11. The van der Waals surface area contributed by atoms with Gasteiger partial charge in [0, 0.05) is 23.8 Å². The van der Waals surface area contributed by atoms with Gasteiger partial charge in [-0.1, -0.05) is 121 Å². The fourth-order valence-electron chi connectivity index (χ4n) is 5.31. The van der Waals surface area contributed by atoms with Crippen LogP contribution < -0.4 is 9.47 Å². The fourth-order valence-corrected chi connectivity index (χ4v) is 5.31. The first kappa shape index (κ1) is 27.7. The van der Waals surface area contributed by atoms with Crippen LogP contribution in [0.5, 0.6) is 11.5 Å². The van der Waals surface area contributed by atoms with Crippen LogP contribution in [-0.2, 0) is 0 Å². The molecule has 0 spiro atoms. The van der Waals surface area contributed by atoms with E-state index in [1.54, 1.807) is 14.2 Å². The van der Waals surface area contributed by atoms with Crippen molar-refractivity contribution in [1.82, 2.24) is 0 Å². The molecule has 3 nitrogen and oxygen atoms in total. The number of hydrogen-bond acceptors (Lipinski definition) is 3. The van der Waals surface area contributed by atoms with Crippen molar-refractivity contribution in [3.63, 3.8) is 0 Å². The Hall–Kier alpha value is -4.89. The molecule has 0 heterocycles. The van der Waals surface area contributed by atoms with Gasteiger partial charge < -0.3 is 9.47 Å². The molecule has 0 aliphatic carbocycles. The molecule has 3 heteroatoms. The van der Waals surface area contributed by atoms with Gasteiger partial charge >= 0.3 is 0 Å². The molecule has 5 aromatic carbocycles. The predicted molar refractivity (Wildman–Crippen MR) is 167 cm³/mol. The molecule has 204 valence electrons. The molecule has 5 aromatic rings. The van der Waals surface area contributed by atoms with Crippen molar-refractivity contribution >= 4 is 11.4 Å². The number of methoxy groups -OCH3 is 2. The summed E-state index contributed by atoms with van der Waals surface area (Å²) < 4.78 is 11.0. The Balaban J connectivity index is 1.70. The third-order valence-corrected chi connectivity index (χ3v) is 7.47. The van der Waals surface area contributed by atoms with Gasteiger partial charge in [0.05, 0.1) is 14.2 Å². The zero-order chi connectivity index (χ0) is 28.4. The molecule has 0 N–H and O–H groups in total. The Bertz CT molecular complexity index is 1570. The molecule has 0 amide bonds. The molecule has 0 radical (unpaired) electrons. The third-order valence-electron chi connectivity index (χ3n) is 7.47. The van der Waals surface area contributed by atoms with Crippen molar-refractivity contribution in [2.45, 2.75) is 18.3 Å². The highest BCUT2D eigenvalue weighted by Crippen LogP contribution is 2.41. The van der Waals surface area contributed by atoms with Gasteiger partial charge in [-0.05, 0) is 52.1 Å². The summed E-state index contributed by atoms with van der Waals surface area (Å²) in [5.41, 5.74) is 6.20. The fraction of sp³-hybridized carbons (Fsp3) is 0.132. The maximum atomic E-state index is 13.7. The van der Waals surface area contributed by atoms with E-state index in [1.165, 1.54) is 0 Å². The second-order valence-electron chi connectivity index (χ2n) is 9.99. The average molecular weight is 539 g/mol. The third kappa shape index (κ3) is 6.82. The summed E-state index contributed by atoms with van der Waals surface area (Å²) in [6.45, 7) is 0. The second-order valence-corrected chi connectivity index (χ2v) is 9.99. The van der Waals surface area contributed by atoms with E-state index in [9.17, 15) is 4.79 Å². The number of allylic oxidation sites excluding steroid dienone is 1. The minimum atomic E-state index is -0.142. The van der Waals surface area contributed by atoms with Crippen LogP contribution in [0.2, 0.25) is 0 Å². The van der Waals surface area contributed by atoms with E-state index >= 15 is 0 Å². The summed E-state index contributed by atoms with van der Waals surface area (Å²) in [5.74, 6) is 1.45. The molecule has 0 saturated carbocycles. The maximum absolute atomic E-state index is 13.7. The summed E-state index contributed by atoms with van der Waals surface area (Å²) in [7, 11) is 3.35. The topological polar surface area (TPSA) is 35.5 Å². The number of benzene rings is 5. The van der Waals surface area contributed by atoms with E-state index in [4.69, 9.17) is 9.47 Å². The molecule has 0 aliphatic heterocycles. The van der Waals surface area contributed by atoms with E-state index < -0.39 is 0 Å². The van der Waals surface area contributed by atoms with E-state index in [2.05, 4.69) is 78.9 Å². The number of carbonyl (C=O) groups excluding carboxylic acids is 1. The van der Waals surface area contributed by atoms with E-state index in [1.807, 2.05) is 66.7 Å². The van der Waals surface area contributed by atoms with Crippen molar-refractivity contribution in [3.05, 3.63) is 173 Å². The smallest absolute Gasteiger partial charge is 0.163 e. The van der Waals surface area contributed by atoms with Crippen LogP contribution in [-0.4, -0.2) is 20.0 Å². The molecule has 2 atom stereocenters. The predicted octanol–water partition coefficient (Wildman–Crippen LogP) is 8.98. The van der Waals surface area contributed by atoms with Gasteiger partial charge in [-0.15, -0.1) is 0 Å². The summed E-state index contributed by atoms with van der Waals surface area (Å²) in [6.07, 6.45) is 2.67. The quantitative estimate of drug-likeness (QED) is 0.157. The molecule has 0 bridgehead atoms. The van der Waals surface area contributed by atoms with Crippen molar-refractivity contribution in [3.8, 4) is 11.5 Å². The highest BCUT2D eigenvalue weighted by atomic mass is 16.5. The van der Waals surface area contributed by atoms with Gasteiger partial charge in [0.1, 0.15) is 11.5 Å². The van der Waals surface area contributed by atoms with Crippen LogP contribution in [0.25, 0.3) is 5.57 Å². The molecule has 5 rings (SSSR count). The molecular formula is C38H34O3. The number of hydrogen-bond donors (Lipinski definition) is 0. The highest BCUT2D eigenvalue weighted by molar-refractivity contribution is 5.96. The first-order valence-electron chi connectivity index (χ1n) is 13.8. The monoisotopic (exact) mass is 538 g/mol. The normalized spacial score (nSPS) is 12.8. The lowest BCUT2D eigenvalue weighted by molar-refractivity contribution is 0.0971. The average Bonchev–Trinajstić information content (AvgIpc) is 3.05. The van der Waals surface area contributed by atoms with Crippen LogP contribution in [0.1, 0.15) is 50.9 Å². The first-order valence-corrected chi connectivity index (χ1v) is 13.8. The SMILES string of the molecule is COc1ccc(/C(=C\[C@H](c2ccccc2)[C@H](CC(=O)c2ccccc2)c2cccc(OC)c2)c2ccccc2)cc1. The molecule has 0 unspecified atom stereocenters. The van der Waals surface area contributed by atoms with Crippen molar-refractivity contribution in [2.75, 3.05) is 14.2 Å². The van der Waals surface area contributed by atoms with Crippen LogP contribution in [0.3, 0.4) is 0 Å². The van der Waals surface area contributed by atoms with Gasteiger partial charge in [0.15, 0.2) is 5.78 Å². The minimum Gasteiger partial charge on any atom is -0.497 e. The molecule has 0 saturated heterocycles. The van der Waals surface area contributed by atoms with E-state index in [-0.39, 0.29) is 17.6 Å². The molecule has 0 aliphatic rings. The Morgan fingerprint density at radius 3 is 1.73 bits per heavy atom. The molecular weight excluding hydrogens is 504 g/mol. The summed E-state index contributed by atoms with van der Waals surface area (Å²) in [4.78, 5) is 13.7. The number of carbonyl (C=O) groups is 1. The maximum Gasteiger partial charge on any atom is 0.163 e. The number of ether oxygens (including phenoxy) is 2. The Kier molecular flexibility index (Phi) is 9.08. The second kappa shape index (κ2) is 13.5. The Labute approximate surface area is 242 Å². The van der Waals surface area contributed by atoms with Crippen LogP contribution in [0, 0.1) is 0 Å². The lowest BCUT2D eigenvalue weighted by atomic mass is 9.76. The largest absolute Gasteiger partial charge is 0.497 e. The summed E-state index contributed by atoms with van der Waals surface area (Å²) in [6, 6.07) is 46.7. The van der Waals surface area contributed by atoms with Crippen LogP contribution in [0.4, 0.5) is 0 Å². The first-order chi connectivity index (χ1) is 20.2. The van der Waals surface area contributed by atoms with Crippen LogP contribution >= 0.6 is 0 Å². The van der Waals surface area contributed by atoms with Gasteiger partial charge in [-0.25, -0.2) is 0 Å². The van der Waals surface area contributed by atoms with E-state index in [0.717, 1.165) is 44.9 Å². The van der Waals surface area contributed by atoms with Crippen molar-refractivity contribution in [1.29, 1.82) is 0 Å².